The summed E-state index contributed by atoms with van der Waals surface area (Å²) in [4.78, 5) is 17.1. The van der Waals surface area contributed by atoms with Crippen molar-refractivity contribution in [1.82, 2.24) is 10.3 Å². The summed E-state index contributed by atoms with van der Waals surface area (Å²) in [7, 11) is 1.68. The molecule has 0 saturated heterocycles. The number of ketones is 1. The number of hydrogen-bond donors (Lipinski definition) is 2. The third-order valence-corrected chi connectivity index (χ3v) is 6.45. The third kappa shape index (κ3) is 2.54. The van der Waals surface area contributed by atoms with E-state index in [9.17, 15) is 10.1 Å². The Kier molecular flexibility index (Phi) is 4.09. The second-order valence-corrected chi connectivity index (χ2v) is 8.48. The minimum atomic E-state index is -0.404. The monoisotopic (exact) mass is 397 g/mol. The van der Waals surface area contributed by atoms with Crippen LogP contribution in [0, 0.1) is 11.3 Å². The molecule has 1 aliphatic heterocycles. The molecule has 0 atom stereocenters. The van der Waals surface area contributed by atoms with Crippen molar-refractivity contribution in [3.63, 3.8) is 0 Å². The average Bonchev–Trinajstić information content (AvgIpc) is 3.17. The number of benzene rings is 2. The number of aromatic amines is 1. The second kappa shape index (κ2) is 6.58. The van der Waals surface area contributed by atoms with E-state index >= 15 is 0 Å². The molecule has 1 aliphatic carbocycles. The molecule has 0 saturated carbocycles. The van der Waals surface area contributed by atoms with E-state index < -0.39 is 5.41 Å². The lowest BCUT2D eigenvalue weighted by Crippen LogP contribution is -2.30. The molecule has 0 bridgehead atoms. The van der Waals surface area contributed by atoms with Gasteiger partial charge in [-0.05, 0) is 48.4 Å². The molecule has 2 aliphatic rings. The van der Waals surface area contributed by atoms with Crippen molar-refractivity contribution < 1.29 is 9.53 Å². The van der Waals surface area contributed by atoms with Crippen molar-refractivity contribution >= 4 is 22.3 Å². The van der Waals surface area contributed by atoms with Gasteiger partial charge >= 0.3 is 0 Å². The smallest absolute Gasteiger partial charge is 0.195 e. The van der Waals surface area contributed by atoms with Gasteiger partial charge in [0.15, 0.2) is 5.78 Å². The van der Waals surface area contributed by atoms with Crippen LogP contribution in [0.2, 0.25) is 0 Å². The summed E-state index contributed by atoms with van der Waals surface area (Å²) in [5.74, 6) is 0.822. The first-order valence-electron chi connectivity index (χ1n) is 10.2. The topological polar surface area (TPSA) is 77.9 Å². The largest absolute Gasteiger partial charge is 0.496 e. The molecule has 5 heteroatoms. The molecule has 2 heterocycles. The van der Waals surface area contributed by atoms with Crippen molar-refractivity contribution in [3.05, 3.63) is 69.9 Å². The van der Waals surface area contributed by atoms with Gasteiger partial charge in [-0.2, -0.15) is 5.26 Å². The van der Waals surface area contributed by atoms with Gasteiger partial charge < -0.3 is 15.0 Å². The molecular formula is C25H23N3O2. The van der Waals surface area contributed by atoms with Gasteiger partial charge in [0.05, 0.1) is 24.3 Å². The maximum atomic E-state index is 13.7. The Hall–Kier alpha value is -3.36. The van der Waals surface area contributed by atoms with Crippen molar-refractivity contribution in [2.24, 2.45) is 0 Å². The molecule has 0 radical (unpaired) electrons. The van der Waals surface area contributed by atoms with E-state index in [0.29, 0.717) is 11.1 Å². The SMILES string of the molecule is COc1cc2c(cc1C1=CCNCC1)C(=O)c1c([nH]c3cc(C#N)ccc13)C2(C)C. The van der Waals surface area contributed by atoms with Gasteiger partial charge in [0.25, 0.3) is 0 Å². The molecule has 5 rings (SSSR count). The predicted octanol–water partition coefficient (Wildman–Crippen LogP) is 4.30. The molecule has 5 nitrogen and oxygen atoms in total. The van der Waals surface area contributed by atoms with Crippen molar-refractivity contribution in [3.8, 4) is 11.8 Å². The number of H-pyrrole nitrogens is 1. The number of nitriles is 1. The first-order valence-corrected chi connectivity index (χ1v) is 10.2. The Morgan fingerprint density at radius 3 is 2.70 bits per heavy atom. The van der Waals surface area contributed by atoms with Gasteiger partial charge in [-0.15, -0.1) is 0 Å². The second-order valence-electron chi connectivity index (χ2n) is 8.48. The van der Waals surface area contributed by atoms with Crippen LogP contribution in [0.5, 0.6) is 5.75 Å². The minimum absolute atomic E-state index is 0.0220. The summed E-state index contributed by atoms with van der Waals surface area (Å²) < 4.78 is 5.75. The van der Waals surface area contributed by atoms with Crippen molar-refractivity contribution in [1.29, 1.82) is 5.26 Å². The van der Waals surface area contributed by atoms with Gasteiger partial charge in [-0.1, -0.05) is 26.0 Å². The van der Waals surface area contributed by atoms with Crippen LogP contribution in [0.1, 0.15) is 58.6 Å². The molecule has 3 aromatic rings. The molecule has 0 amide bonds. The molecule has 0 fully saturated rings. The van der Waals surface area contributed by atoms with Gasteiger partial charge in [-0.25, -0.2) is 0 Å². The zero-order chi connectivity index (χ0) is 21.0. The number of fused-ring (bicyclic) bond motifs is 4. The van der Waals surface area contributed by atoms with Gasteiger partial charge in [0, 0.05) is 39.7 Å². The Morgan fingerprint density at radius 1 is 1.17 bits per heavy atom. The van der Waals surface area contributed by atoms with Crippen LogP contribution >= 0.6 is 0 Å². The standard InChI is InChI=1S/C25H23N3O2/c1-25(2)19-12-21(30-3)17(15-6-8-27-9-7-15)11-18(19)23(29)22-16-5-4-14(13-26)10-20(16)28-24(22)25/h4-6,10-12,27-28H,7-9H2,1-3H3. The van der Waals surface area contributed by atoms with Crippen molar-refractivity contribution in [2.45, 2.75) is 25.7 Å². The lowest BCUT2D eigenvalue weighted by atomic mass is 9.70. The number of rotatable bonds is 2. The molecule has 0 unspecified atom stereocenters. The Balaban J connectivity index is 1.77. The molecule has 2 aromatic carbocycles. The van der Waals surface area contributed by atoms with E-state index in [2.05, 4.69) is 36.3 Å². The average molecular weight is 397 g/mol. The Labute approximate surface area is 175 Å². The van der Waals surface area contributed by atoms with E-state index in [1.807, 2.05) is 24.3 Å². The van der Waals surface area contributed by atoms with Crippen LogP contribution in [0.25, 0.3) is 16.5 Å². The number of carbonyl (C=O) groups excluding carboxylic acids is 1. The third-order valence-electron chi connectivity index (χ3n) is 6.45. The van der Waals surface area contributed by atoms with Crippen LogP contribution in [-0.4, -0.2) is 31.0 Å². The van der Waals surface area contributed by atoms with Gasteiger partial charge in [-0.3, -0.25) is 4.79 Å². The number of aromatic nitrogens is 1. The van der Waals surface area contributed by atoms with Crippen LogP contribution in [-0.2, 0) is 5.41 Å². The quantitative estimate of drug-likeness (QED) is 0.676. The first kappa shape index (κ1) is 18.7. The number of carbonyl (C=O) groups is 1. The maximum Gasteiger partial charge on any atom is 0.195 e. The first-order chi connectivity index (χ1) is 14.5. The normalized spacial score (nSPS) is 17.1. The summed E-state index contributed by atoms with van der Waals surface area (Å²) in [5, 5.41) is 13.5. The summed E-state index contributed by atoms with van der Waals surface area (Å²) in [6.45, 7) is 5.99. The number of nitrogens with one attached hydrogen (secondary N) is 2. The van der Waals surface area contributed by atoms with E-state index in [0.717, 1.165) is 58.5 Å². The lowest BCUT2D eigenvalue weighted by molar-refractivity contribution is 0.103. The Bertz CT molecular complexity index is 1290. The lowest BCUT2D eigenvalue weighted by Gasteiger charge is -2.33. The maximum absolute atomic E-state index is 13.7. The highest BCUT2D eigenvalue weighted by Gasteiger charge is 2.40. The molecule has 1 aromatic heterocycles. The van der Waals surface area contributed by atoms with E-state index in [1.54, 1.807) is 13.2 Å². The molecule has 2 N–H and O–H groups in total. The predicted molar refractivity (Wildman–Crippen MR) is 117 cm³/mol. The van der Waals surface area contributed by atoms with E-state index in [-0.39, 0.29) is 5.78 Å². The van der Waals surface area contributed by atoms with Crippen LogP contribution < -0.4 is 10.1 Å². The summed E-state index contributed by atoms with van der Waals surface area (Å²) in [6.07, 6.45) is 3.08. The van der Waals surface area contributed by atoms with E-state index in [1.165, 1.54) is 5.57 Å². The number of nitrogens with zero attached hydrogens (tertiary/aromatic N) is 1. The zero-order valence-electron chi connectivity index (χ0n) is 17.3. The van der Waals surface area contributed by atoms with Crippen LogP contribution in [0.4, 0.5) is 0 Å². The highest BCUT2D eigenvalue weighted by molar-refractivity contribution is 6.20. The molecule has 150 valence electrons. The molecular weight excluding hydrogens is 374 g/mol. The fraction of sp³-hybridized carbons (Fsp3) is 0.280. The highest BCUT2D eigenvalue weighted by Crippen LogP contribution is 2.46. The summed E-state index contributed by atoms with van der Waals surface area (Å²) in [5.41, 5.74) is 6.49. The Morgan fingerprint density at radius 2 is 2.00 bits per heavy atom. The summed E-state index contributed by atoms with van der Waals surface area (Å²) >= 11 is 0. The van der Waals surface area contributed by atoms with Crippen LogP contribution in [0.3, 0.4) is 0 Å². The van der Waals surface area contributed by atoms with Crippen molar-refractivity contribution in [2.75, 3.05) is 20.2 Å². The zero-order valence-corrected chi connectivity index (χ0v) is 17.3. The number of hydrogen-bond acceptors (Lipinski definition) is 4. The fourth-order valence-corrected chi connectivity index (χ4v) is 4.81. The fourth-order valence-electron chi connectivity index (χ4n) is 4.81. The highest BCUT2D eigenvalue weighted by atomic mass is 16.5. The molecule has 30 heavy (non-hydrogen) atoms. The van der Waals surface area contributed by atoms with Gasteiger partial charge in [0.1, 0.15) is 5.75 Å². The van der Waals surface area contributed by atoms with E-state index in [4.69, 9.17) is 4.74 Å². The number of ether oxygens (including phenoxy) is 1. The van der Waals surface area contributed by atoms with Crippen LogP contribution in [0.15, 0.2) is 36.4 Å². The van der Waals surface area contributed by atoms with Gasteiger partial charge in [0.2, 0.25) is 0 Å². The summed E-state index contributed by atoms with van der Waals surface area (Å²) in [6, 6.07) is 11.7. The molecule has 0 spiro atoms. The minimum Gasteiger partial charge on any atom is -0.496 e. The number of methoxy groups -OCH3 is 1.